The number of hydrogen-bond acceptors (Lipinski definition) is 2. The Bertz CT molecular complexity index is 307. The lowest BCUT2D eigenvalue weighted by atomic mass is 10.1. The normalized spacial score (nSPS) is 12.1. The second-order valence-electron chi connectivity index (χ2n) is 4.99. The van der Waals surface area contributed by atoms with Gasteiger partial charge < -0.3 is 5.73 Å². The summed E-state index contributed by atoms with van der Waals surface area (Å²) in [4.78, 5) is 0. The van der Waals surface area contributed by atoms with Crippen LogP contribution in [-0.2, 0) is 18.4 Å². The van der Waals surface area contributed by atoms with E-state index in [0.29, 0.717) is 6.54 Å². The zero-order valence-electron chi connectivity index (χ0n) is 10.4. The largest absolute Gasteiger partial charge is 0.330 e. The van der Waals surface area contributed by atoms with E-state index >= 15 is 0 Å². The van der Waals surface area contributed by atoms with Crippen LogP contribution in [0.2, 0.25) is 0 Å². The van der Waals surface area contributed by atoms with Gasteiger partial charge in [0, 0.05) is 5.69 Å². The molecule has 0 saturated carbocycles. The molecular formula is C12H23N3. The minimum Gasteiger partial charge on any atom is -0.330 e. The smallest absolute Gasteiger partial charge is 0.0546 e. The molecule has 0 aliphatic heterocycles. The Kier molecular flexibility index (Phi) is 3.91. The number of nitrogens with zero attached hydrogens (tertiary/aromatic N) is 2. The summed E-state index contributed by atoms with van der Waals surface area (Å²) in [7, 11) is 0. The molecule has 86 valence electrons. The molecule has 0 amide bonds. The molecular weight excluding hydrogens is 186 g/mol. The summed E-state index contributed by atoms with van der Waals surface area (Å²) < 4.78 is 2.14. The lowest BCUT2D eigenvalue weighted by molar-refractivity contribution is 0.342. The highest BCUT2D eigenvalue weighted by atomic mass is 15.3. The average molecular weight is 209 g/mol. The van der Waals surface area contributed by atoms with Gasteiger partial charge in [0.15, 0.2) is 0 Å². The van der Waals surface area contributed by atoms with Gasteiger partial charge in [0.1, 0.15) is 0 Å². The van der Waals surface area contributed by atoms with Gasteiger partial charge in [-0.1, -0.05) is 13.3 Å². The van der Waals surface area contributed by atoms with E-state index in [1.165, 1.54) is 11.3 Å². The third-order valence-corrected chi connectivity index (χ3v) is 2.49. The molecule has 2 N–H and O–H groups in total. The molecule has 0 fully saturated rings. The van der Waals surface area contributed by atoms with Crippen molar-refractivity contribution in [2.24, 2.45) is 5.73 Å². The molecule has 0 radical (unpaired) electrons. The summed E-state index contributed by atoms with van der Waals surface area (Å²) in [6.45, 7) is 9.46. The second-order valence-corrected chi connectivity index (χ2v) is 4.99. The summed E-state index contributed by atoms with van der Waals surface area (Å²) in [6.07, 6.45) is 5.15. The maximum absolute atomic E-state index is 5.61. The number of aromatic nitrogens is 2. The predicted molar refractivity (Wildman–Crippen MR) is 64.0 cm³/mol. The van der Waals surface area contributed by atoms with E-state index < -0.39 is 0 Å². The van der Waals surface area contributed by atoms with Crippen molar-refractivity contribution in [3.8, 4) is 0 Å². The molecule has 1 rings (SSSR count). The molecule has 1 aromatic heterocycles. The summed E-state index contributed by atoms with van der Waals surface area (Å²) in [5.41, 5.74) is 8.34. The number of nitrogens with two attached hydrogens (primary N) is 1. The summed E-state index contributed by atoms with van der Waals surface area (Å²) in [6, 6.07) is 0. The molecule has 0 aliphatic carbocycles. The van der Waals surface area contributed by atoms with Crippen LogP contribution in [0.1, 0.15) is 45.4 Å². The van der Waals surface area contributed by atoms with Crippen molar-refractivity contribution < 1.29 is 0 Å². The number of hydrogen-bond donors (Lipinski definition) is 1. The van der Waals surface area contributed by atoms with Crippen molar-refractivity contribution in [1.82, 2.24) is 9.78 Å². The van der Waals surface area contributed by atoms with Crippen molar-refractivity contribution in [2.75, 3.05) is 6.54 Å². The topological polar surface area (TPSA) is 43.8 Å². The van der Waals surface area contributed by atoms with E-state index in [2.05, 4.69) is 37.5 Å². The van der Waals surface area contributed by atoms with Crippen molar-refractivity contribution in [3.05, 3.63) is 17.5 Å². The number of rotatable bonds is 4. The first kappa shape index (κ1) is 12.2. The first-order valence-corrected chi connectivity index (χ1v) is 5.77. The van der Waals surface area contributed by atoms with Gasteiger partial charge in [-0.3, -0.25) is 4.68 Å². The highest BCUT2D eigenvalue weighted by molar-refractivity contribution is 5.19. The third-order valence-electron chi connectivity index (χ3n) is 2.49. The fourth-order valence-electron chi connectivity index (χ4n) is 1.85. The van der Waals surface area contributed by atoms with Crippen molar-refractivity contribution >= 4 is 0 Å². The van der Waals surface area contributed by atoms with Crippen LogP contribution < -0.4 is 5.73 Å². The molecule has 0 atom stereocenters. The van der Waals surface area contributed by atoms with Gasteiger partial charge in [-0.05, 0) is 45.7 Å². The van der Waals surface area contributed by atoms with Gasteiger partial charge in [-0.2, -0.15) is 5.10 Å². The van der Waals surface area contributed by atoms with Crippen LogP contribution in [-0.4, -0.2) is 16.3 Å². The SMILES string of the molecule is CCCc1c(CCN)cnn1C(C)(C)C. The highest BCUT2D eigenvalue weighted by Gasteiger charge is 2.19. The fraction of sp³-hybridized carbons (Fsp3) is 0.750. The van der Waals surface area contributed by atoms with E-state index in [0.717, 1.165) is 19.3 Å². The Labute approximate surface area is 92.7 Å². The molecule has 0 saturated heterocycles. The minimum absolute atomic E-state index is 0.0668. The van der Waals surface area contributed by atoms with E-state index in [-0.39, 0.29) is 5.54 Å². The Morgan fingerprint density at radius 2 is 2.00 bits per heavy atom. The average Bonchev–Trinajstić information content (AvgIpc) is 2.49. The summed E-state index contributed by atoms with van der Waals surface area (Å²) in [5, 5.41) is 4.49. The zero-order valence-corrected chi connectivity index (χ0v) is 10.4. The molecule has 15 heavy (non-hydrogen) atoms. The Balaban J connectivity index is 3.06. The van der Waals surface area contributed by atoms with Gasteiger partial charge >= 0.3 is 0 Å². The van der Waals surface area contributed by atoms with E-state index in [4.69, 9.17) is 5.73 Å². The standard InChI is InChI=1S/C12H23N3/c1-5-6-11-10(7-8-13)9-14-15(11)12(2,3)4/h9H,5-8,13H2,1-4H3. The maximum atomic E-state index is 5.61. The van der Waals surface area contributed by atoms with Crippen LogP contribution >= 0.6 is 0 Å². The molecule has 0 unspecified atom stereocenters. The van der Waals surface area contributed by atoms with Gasteiger partial charge in [-0.25, -0.2) is 0 Å². The summed E-state index contributed by atoms with van der Waals surface area (Å²) in [5.74, 6) is 0. The fourth-order valence-corrected chi connectivity index (χ4v) is 1.85. The van der Waals surface area contributed by atoms with Crippen LogP contribution in [0.5, 0.6) is 0 Å². The van der Waals surface area contributed by atoms with Crippen LogP contribution in [0.25, 0.3) is 0 Å². The maximum Gasteiger partial charge on any atom is 0.0546 e. The Morgan fingerprint density at radius 1 is 1.33 bits per heavy atom. The van der Waals surface area contributed by atoms with Crippen LogP contribution in [0, 0.1) is 0 Å². The van der Waals surface area contributed by atoms with E-state index in [1.54, 1.807) is 0 Å². The predicted octanol–water partition coefficient (Wildman–Crippen LogP) is 2.09. The summed E-state index contributed by atoms with van der Waals surface area (Å²) >= 11 is 0. The Hall–Kier alpha value is -0.830. The van der Waals surface area contributed by atoms with Crippen molar-refractivity contribution in [3.63, 3.8) is 0 Å². The molecule has 0 bridgehead atoms. The Morgan fingerprint density at radius 3 is 2.47 bits per heavy atom. The van der Waals surface area contributed by atoms with Crippen molar-refractivity contribution in [2.45, 2.75) is 52.5 Å². The van der Waals surface area contributed by atoms with Crippen LogP contribution in [0.3, 0.4) is 0 Å². The lowest BCUT2D eigenvalue weighted by Crippen LogP contribution is -2.25. The highest BCUT2D eigenvalue weighted by Crippen LogP contribution is 2.20. The lowest BCUT2D eigenvalue weighted by Gasteiger charge is -2.23. The first-order valence-electron chi connectivity index (χ1n) is 5.77. The molecule has 0 aliphatic rings. The van der Waals surface area contributed by atoms with E-state index in [9.17, 15) is 0 Å². The third kappa shape index (κ3) is 2.81. The molecule has 1 aromatic rings. The molecule has 3 heteroatoms. The molecule has 1 heterocycles. The van der Waals surface area contributed by atoms with E-state index in [1.807, 2.05) is 6.20 Å². The van der Waals surface area contributed by atoms with Crippen LogP contribution in [0.4, 0.5) is 0 Å². The van der Waals surface area contributed by atoms with Gasteiger partial charge in [0.25, 0.3) is 0 Å². The van der Waals surface area contributed by atoms with Crippen LogP contribution in [0.15, 0.2) is 6.20 Å². The molecule has 0 spiro atoms. The first-order chi connectivity index (χ1) is 7.00. The monoisotopic (exact) mass is 209 g/mol. The van der Waals surface area contributed by atoms with Gasteiger partial charge in [0.05, 0.1) is 11.7 Å². The molecule has 0 aromatic carbocycles. The van der Waals surface area contributed by atoms with Crippen molar-refractivity contribution in [1.29, 1.82) is 0 Å². The minimum atomic E-state index is 0.0668. The van der Waals surface area contributed by atoms with Gasteiger partial charge in [-0.15, -0.1) is 0 Å². The second kappa shape index (κ2) is 4.79. The molecule has 3 nitrogen and oxygen atoms in total. The van der Waals surface area contributed by atoms with Gasteiger partial charge in [0.2, 0.25) is 0 Å². The zero-order chi connectivity index (χ0) is 11.5. The quantitative estimate of drug-likeness (QED) is 0.825.